The van der Waals surface area contributed by atoms with Crippen molar-refractivity contribution in [1.82, 2.24) is 9.88 Å². The summed E-state index contributed by atoms with van der Waals surface area (Å²) in [5.41, 5.74) is 0.940. The normalized spacial score (nSPS) is 16.4. The van der Waals surface area contributed by atoms with E-state index < -0.39 is 0 Å². The molecule has 0 spiro atoms. The maximum Gasteiger partial charge on any atom is 0.233 e. The van der Waals surface area contributed by atoms with Gasteiger partial charge in [0, 0.05) is 17.1 Å². The number of pyridine rings is 1. The van der Waals surface area contributed by atoms with Gasteiger partial charge in [0.05, 0.1) is 39.3 Å². The molecule has 1 aromatic heterocycles. The fourth-order valence-corrected chi connectivity index (χ4v) is 3.75. The molecule has 1 fully saturated rings. The number of hydrogen-bond donors (Lipinski definition) is 0. The summed E-state index contributed by atoms with van der Waals surface area (Å²) < 4.78 is 22.1. The molecule has 8 heteroatoms. The molecule has 156 valence electrons. The Labute approximate surface area is 175 Å². The van der Waals surface area contributed by atoms with Crippen LogP contribution < -0.4 is 14.2 Å². The summed E-state index contributed by atoms with van der Waals surface area (Å²) in [5.74, 6) is 2.45. The summed E-state index contributed by atoms with van der Waals surface area (Å²) in [6.45, 7) is 3.93. The van der Waals surface area contributed by atoms with E-state index in [-0.39, 0.29) is 12.0 Å². The molecule has 1 amide bonds. The minimum absolute atomic E-state index is 0.0788. The Morgan fingerprint density at radius 2 is 2.07 bits per heavy atom. The number of ether oxygens (including phenoxy) is 4. The van der Waals surface area contributed by atoms with Gasteiger partial charge in [0.25, 0.3) is 0 Å². The minimum Gasteiger partial charge on any atom is -0.493 e. The van der Waals surface area contributed by atoms with Crippen molar-refractivity contribution < 1.29 is 23.7 Å². The topological polar surface area (TPSA) is 70.1 Å². The summed E-state index contributed by atoms with van der Waals surface area (Å²) in [6.07, 6.45) is 1.54. The molecule has 1 aromatic carbocycles. The number of benzene rings is 1. The lowest BCUT2D eigenvalue weighted by Gasteiger charge is -2.32. The highest BCUT2D eigenvalue weighted by atomic mass is 32.2. The average Bonchev–Trinajstić information content (AvgIpc) is 2.77. The number of aromatic nitrogens is 1. The largest absolute Gasteiger partial charge is 0.493 e. The zero-order valence-corrected chi connectivity index (χ0v) is 17.7. The number of methoxy groups -OCH3 is 2. The van der Waals surface area contributed by atoms with Gasteiger partial charge >= 0.3 is 0 Å². The molecule has 7 nitrogen and oxygen atoms in total. The van der Waals surface area contributed by atoms with Crippen LogP contribution in [0.1, 0.15) is 5.69 Å². The van der Waals surface area contributed by atoms with E-state index in [4.69, 9.17) is 18.9 Å². The molecule has 29 heavy (non-hydrogen) atoms. The van der Waals surface area contributed by atoms with E-state index in [1.807, 2.05) is 42.2 Å². The highest BCUT2D eigenvalue weighted by Gasteiger charge is 2.25. The molecule has 1 saturated heterocycles. The van der Waals surface area contributed by atoms with Gasteiger partial charge in [0.1, 0.15) is 18.5 Å². The van der Waals surface area contributed by atoms with Crippen LogP contribution in [0.2, 0.25) is 0 Å². The molecular weight excluding hydrogens is 392 g/mol. The Kier molecular flexibility index (Phi) is 7.60. The summed E-state index contributed by atoms with van der Waals surface area (Å²) in [4.78, 5) is 19.6. The predicted octanol–water partition coefficient (Wildman–Crippen LogP) is 2.81. The van der Waals surface area contributed by atoms with Gasteiger partial charge in [-0.15, -0.1) is 11.8 Å². The molecule has 0 radical (unpaired) electrons. The lowest BCUT2D eigenvalue weighted by molar-refractivity contribution is -0.137. The summed E-state index contributed by atoms with van der Waals surface area (Å²) >= 11 is 1.48. The summed E-state index contributed by atoms with van der Waals surface area (Å²) in [7, 11) is 3.20. The van der Waals surface area contributed by atoms with Crippen molar-refractivity contribution in [1.29, 1.82) is 0 Å². The van der Waals surface area contributed by atoms with Crippen LogP contribution in [0.15, 0.2) is 41.4 Å². The third kappa shape index (κ3) is 6.01. The zero-order chi connectivity index (χ0) is 20.6. The van der Waals surface area contributed by atoms with Crippen molar-refractivity contribution in [2.45, 2.75) is 17.9 Å². The van der Waals surface area contributed by atoms with Crippen molar-refractivity contribution in [3.8, 4) is 17.2 Å². The standard InChI is InChI=1S/C21H26N2O5S/c1-15-4-5-16(11-22-15)28-13-17-12-23(8-9-27-17)21(24)14-29-18-6-7-19(25-2)20(10-18)26-3/h4-7,10-11,17H,8-9,12-14H2,1-3H3. The monoisotopic (exact) mass is 418 g/mol. The van der Waals surface area contributed by atoms with Crippen LogP contribution in [0.25, 0.3) is 0 Å². The minimum atomic E-state index is -0.153. The van der Waals surface area contributed by atoms with E-state index in [0.717, 1.165) is 10.6 Å². The molecule has 2 aromatic rings. The first-order chi connectivity index (χ1) is 14.1. The third-order valence-corrected chi connectivity index (χ3v) is 5.51. The number of morpholine rings is 1. The van der Waals surface area contributed by atoms with Crippen molar-refractivity contribution in [2.75, 3.05) is 46.3 Å². The lowest BCUT2D eigenvalue weighted by Crippen LogP contribution is -2.48. The molecule has 1 aliphatic heterocycles. The first-order valence-corrected chi connectivity index (χ1v) is 10.4. The van der Waals surface area contributed by atoms with Gasteiger partial charge in [-0.3, -0.25) is 9.78 Å². The Morgan fingerprint density at radius 3 is 2.79 bits per heavy atom. The van der Waals surface area contributed by atoms with Gasteiger partial charge in [-0.1, -0.05) is 0 Å². The molecule has 0 aliphatic carbocycles. The summed E-state index contributed by atoms with van der Waals surface area (Å²) in [6, 6.07) is 9.42. The van der Waals surface area contributed by atoms with Crippen molar-refractivity contribution in [3.63, 3.8) is 0 Å². The average molecular weight is 419 g/mol. The molecule has 0 saturated carbocycles. The highest BCUT2D eigenvalue weighted by molar-refractivity contribution is 8.00. The van der Waals surface area contributed by atoms with E-state index in [0.29, 0.717) is 49.3 Å². The number of thioether (sulfide) groups is 1. The Bertz CT molecular complexity index is 815. The Morgan fingerprint density at radius 1 is 1.24 bits per heavy atom. The Balaban J connectivity index is 1.48. The van der Waals surface area contributed by atoms with E-state index in [9.17, 15) is 4.79 Å². The molecule has 1 atom stereocenters. The van der Waals surface area contributed by atoms with Crippen LogP contribution >= 0.6 is 11.8 Å². The number of carbonyl (C=O) groups excluding carboxylic acids is 1. The lowest BCUT2D eigenvalue weighted by atomic mass is 10.3. The van der Waals surface area contributed by atoms with Crippen LogP contribution in [-0.2, 0) is 9.53 Å². The van der Waals surface area contributed by atoms with Crippen LogP contribution in [0.3, 0.4) is 0 Å². The predicted molar refractivity (Wildman–Crippen MR) is 111 cm³/mol. The van der Waals surface area contributed by atoms with Crippen molar-refractivity contribution in [3.05, 3.63) is 42.2 Å². The second-order valence-corrected chi connectivity index (χ2v) is 7.63. The summed E-state index contributed by atoms with van der Waals surface area (Å²) in [5, 5.41) is 0. The van der Waals surface area contributed by atoms with Gasteiger partial charge in [-0.2, -0.15) is 0 Å². The molecule has 1 aliphatic rings. The van der Waals surface area contributed by atoms with Crippen LogP contribution in [0.5, 0.6) is 17.2 Å². The maximum absolute atomic E-state index is 12.6. The number of hydrogen-bond acceptors (Lipinski definition) is 7. The first-order valence-electron chi connectivity index (χ1n) is 9.38. The molecular formula is C21H26N2O5S. The number of aryl methyl sites for hydroxylation is 1. The van der Waals surface area contributed by atoms with Crippen molar-refractivity contribution in [2.24, 2.45) is 0 Å². The molecule has 3 rings (SSSR count). The number of nitrogens with zero attached hydrogens (tertiary/aromatic N) is 2. The fourth-order valence-electron chi connectivity index (χ4n) is 2.92. The van der Waals surface area contributed by atoms with E-state index in [1.165, 1.54) is 11.8 Å². The van der Waals surface area contributed by atoms with Crippen LogP contribution in [-0.4, -0.2) is 68.2 Å². The molecule has 2 heterocycles. The van der Waals surface area contributed by atoms with Gasteiger partial charge in [0.15, 0.2) is 11.5 Å². The maximum atomic E-state index is 12.6. The van der Waals surface area contributed by atoms with Gasteiger partial charge in [-0.25, -0.2) is 0 Å². The molecule has 0 bridgehead atoms. The second-order valence-electron chi connectivity index (χ2n) is 6.58. The van der Waals surface area contributed by atoms with Crippen LogP contribution in [0.4, 0.5) is 0 Å². The van der Waals surface area contributed by atoms with E-state index >= 15 is 0 Å². The third-order valence-electron chi connectivity index (χ3n) is 4.53. The smallest absolute Gasteiger partial charge is 0.233 e. The number of rotatable bonds is 8. The number of carbonyl (C=O) groups is 1. The SMILES string of the molecule is COc1ccc(SCC(=O)N2CCOC(COc3ccc(C)nc3)C2)cc1OC. The first kappa shape index (κ1) is 21.3. The van der Waals surface area contributed by atoms with E-state index in [2.05, 4.69) is 4.98 Å². The second kappa shape index (κ2) is 10.4. The molecule has 0 N–H and O–H groups in total. The Hall–Kier alpha value is -2.45. The van der Waals surface area contributed by atoms with Gasteiger partial charge in [-0.05, 0) is 37.3 Å². The van der Waals surface area contributed by atoms with Crippen molar-refractivity contribution >= 4 is 17.7 Å². The fraction of sp³-hybridized carbons (Fsp3) is 0.429. The van der Waals surface area contributed by atoms with E-state index in [1.54, 1.807) is 20.4 Å². The quantitative estimate of drug-likeness (QED) is 0.611. The van der Waals surface area contributed by atoms with Gasteiger partial charge < -0.3 is 23.8 Å². The van der Waals surface area contributed by atoms with Gasteiger partial charge in [0.2, 0.25) is 5.91 Å². The van der Waals surface area contributed by atoms with Crippen LogP contribution in [0, 0.1) is 6.92 Å². The number of amides is 1. The highest BCUT2D eigenvalue weighted by Crippen LogP contribution is 2.32. The molecule has 1 unspecified atom stereocenters. The zero-order valence-electron chi connectivity index (χ0n) is 16.9.